The number of nitrogens with zero attached hydrogens (tertiary/aromatic N) is 1. The summed E-state index contributed by atoms with van der Waals surface area (Å²) < 4.78 is 5.32. The van der Waals surface area contributed by atoms with E-state index in [9.17, 15) is 4.79 Å². The first-order valence-corrected chi connectivity index (χ1v) is 7.90. The minimum Gasteiger partial charge on any atom is -0.381 e. The molecule has 0 aliphatic carbocycles. The zero-order valence-electron chi connectivity index (χ0n) is 13.5. The number of benzene rings is 1. The summed E-state index contributed by atoms with van der Waals surface area (Å²) in [5.74, 6) is 0.164. The van der Waals surface area contributed by atoms with Crippen LogP contribution in [0, 0.1) is 5.92 Å². The molecule has 1 aliphatic rings. The Morgan fingerprint density at radius 2 is 1.95 bits per heavy atom. The molecule has 5 nitrogen and oxygen atoms in total. The van der Waals surface area contributed by atoms with Crippen molar-refractivity contribution in [2.75, 3.05) is 27.3 Å². The maximum atomic E-state index is 12.3. The number of carbonyl (C=O) groups excluding carboxylic acids is 1. The molecule has 1 heterocycles. The monoisotopic (exact) mass is 305 g/mol. The van der Waals surface area contributed by atoms with Gasteiger partial charge in [0.15, 0.2) is 0 Å². The van der Waals surface area contributed by atoms with Crippen LogP contribution in [0.5, 0.6) is 0 Å². The number of ether oxygens (including phenoxy) is 1. The summed E-state index contributed by atoms with van der Waals surface area (Å²) in [5.41, 5.74) is 8.47. The molecule has 1 unspecified atom stereocenters. The van der Waals surface area contributed by atoms with E-state index < -0.39 is 6.04 Å². The lowest BCUT2D eigenvalue weighted by Gasteiger charge is -2.26. The average molecular weight is 305 g/mol. The minimum atomic E-state index is -0.440. The minimum absolute atomic E-state index is 0.0634. The summed E-state index contributed by atoms with van der Waals surface area (Å²) in [6.45, 7) is 2.80. The van der Waals surface area contributed by atoms with Crippen LogP contribution in [-0.4, -0.2) is 44.2 Å². The highest BCUT2D eigenvalue weighted by atomic mass is 16.5. The fourth-order valence-corrected chi connectivity index (χ4v) is 2.81. The van der Waals surface area contributed by atoms with Crippen LogP contribution >= 0.6 is 0 Å². The Hall–Kier alpha value is -1.43. The highest BCUT2D eigenvalue weighted by Crippen LogP contribution is 2.18. The number of nitrogens with one attached hydrogen (secondary N) is 1. The average Bonchev–Trinajstić information content (AvgIpc) is 2.53. The topological polar surface area (TPSA) is 67.6 Å². The zero-order valence-corrected chi connectivity index (χ0v) is 13.5. The summed E-state index contributed by atoms with van der Waals surface area (Å²) in [5, 5.41) is 2.99. The maximum Gasteiger partial charge on any atom is 0.237 e. The molecule has 2 rings (SSSR count). The Morgan fingerprint density at radius 1 is 1.32 bits per heavy atom. The van der Waals surface area contributed by atoms with E-state index >= 15 is 0 Å². The standard InChI is InChI=1S/C17H27N3O2/c1-20(2)12-15-6-4-3-5-14(15)11-19-17(21)16(18)13-7-9-22-10-8-13/h3-6,13,16H,7-12,18H2,1-2H3,(H,19,21). The number of nitrogens with two attached hydrogens (primary N) is 1. The molecule has 3 N–H and O–H groups in total. The molecule has 1 fully saturated rings. The fraction of sp³-hybridized carbons (Fsp3) is 0.588. The molecule has 0 spiro atoms. The second-order valence-corrected chi connectivity index (χ2v) is 6.20. The number of hydrogen-bond donors (Lipinski definition) is 2. The number of amides is 1. The smallest absolute Gasteiger partial charge is 0.237 e. The summed E-state index contributed by atoms with van der Waals surface area (Å²) in [7, 11) is 4.08. The molecule has 1 aliphatic heterocycles. The molecule has 0 aromatic heterocycles. The largest absolute Gasteiger partial charge is 0.381 e. The molecule has 0 bridgehead atoms. The maximum absolute atomic E-state index is 12.3. The van der Waals surface area contributed by atoms with Gasteiger partial charge in [-0.05, 0) is 44.0 Å². The van der Waals surface area contributed by atoms with Crippen LogP contribution < -0.4 is 11.1 Å². The van der Waals surface area contributed by atoms with Crippen LogP contribution in [0.15, 0.2) is 24.3 Å². The normalized spacial score (nSPS) is 17.5. The SMILES string of the molecule is CN(C)Cc1ccccc1CNC(=O)C(N)C1CCOCC1. The van der Waals surface area contributed by atoms with Crippen LogP contribution in [0.2, 0.25) is 0 Å². The summed E-state index contributed by atoms with van der Waals surface area (Å²) in [6.07, 6.45) is 1.73. The Morgan fingerprint density at radius 3 is 2.59 bits per heavy atom. The van der Waals surface area contributed by atoms with Crippen molar-refractivity contribution < 1.29 is 9.53 Å². The van der Waals surface area contributed by atoms with Gasteiger partial charge in [-0.25, -0.2) is 0 Å². The van der Waals surface area contributed by atoms with Crippen LogP contribution in [0.1, 0.15) is 24.0 Å². The van der Waals surface area contributed by atoms with Gasteiger partial charge in [0.2, 0.25) is 5.91 Å². The molecule has 0 saturated carbocycles. The Bertz CT molecular complexity index is 485. The van der Waals surface area contributed by atoms with Crippen LogP contribution in [0.25, 0.3) is 0 Å². The van der Waals surface area contributed by atoms with E-state index in [1.165, 1.54) is 5.56 Å². The first-order valence-electron chi connectivity index (χ1n) is 7.90. The summed E-state index contributed by atoms with van der Waals surface area (Å²) in [6, 6.07) is 7.74. The highest BCUT2D eigenvalue weighted by Gasteiger charge is 2.26. The van der Waals surface area contributed by atoms with Gasteiger partial charge < -0.3 is 20.7 Å². The van der Waals surface area contributed by atoms with Gasteiger partial charge in [0, 0.05) is 26.3 Å². The van der Waals surface area contributed by atoms with Crippen molar-refractivity contribution in [1.82, 2.24) is 10.2 Å². The third-order valence-corrected chi connectivity index (χ3v) is 4.13. The predicted octanol–water partition coefficient (Wildman–Crippen LogP) is 1.12. The van der Waals surface area contributed by atoms with Gasteiger partial charge >= 0.3 is 0 Å². The predicted molar refractivity (Wildman–Crippen MR) is 87.2 cm³/mol. The van der Waals surface area contributed by atoms with E-state index in [4.69, 9.17) is 10.5 Å². The Kier molecular flexibility index (Phi) is 6.36. The second-order valence-electron chi connectivity index (χ2n) is 6.20. The molecule has 122 valence electrons. The molecule has 1 aromatic rings. The molecule has 1 atom stereocenters. The van der Waals surface area contributed by atoms with Gasteiger partial charge in [-0.2, -0.15) is 0 Å². The third kappa shape index (κ3) is 4.80. The van der Waals surface area contributed by atoms with Crippen molar-refractivity contribution >= 4 is 5.91 Å². The molecule has 22 heavy (non-hydrogen) atoms. The number of rotatable bonds is 6. The Balaban J connectivity index is 1.90. The van der Waals surface area contributed by atoms with Gasteiger partial charge in [-0.3, -0.25) is 4.79 Å². The van der Waals surface area contributed by atoms with E-state index in [-0.39, 0.29) is 11.8 Å². The van der Waals surface area contributed by atoms with Gasteiger partial charge in [0.1, 0.15) is 0 Å². The van der Waals surface area contributed by atoms with E-state index in [1.54, 1.807) is 0 Å². The summed E-state index contributed by atoms with van der Waals surface area (Å²) in [4.78, 5) is 14.4. The Labute approximate surface area is 132 Å². The van der Waals surface area contributed by atoms with Crippen LogP contribution in [0.4, 0.5) is 0 Å². The zero-order chi connectivity index (χ0) is 15.9. The van der Waals surface area contributed by atoms with E-state index in [0.717, 1.165) is 24.9 Å². The van der Waals surface area contributed by atoms with Gasteiger partial charge in [-0.1, -0.05) is 24.3 Å². The van der Waals surface area contributed by atoms with E-state index in [0.29, 0.717) is 19.8 Å². The van der Waals surface area contributed by atoms with E-state index in [1.807, 2.05) is 26.2 Å². The number of carbonyl (C=O) groups is 1. The van der Waals surface area contributed by atoms with Crippen LogP contribution in [0.3, 0.4) is 0 Å². The second kappa shape index (κ2) is 8.27. The lowest BCUT2D eigenvalue weighted by atomic mass is 9.92. The molecule has 0 radical (unpaired) electrons. The van der Waals surface area contributed by atoms with Crippen molar-refractivity contribution in [3.8, 4) is 0 Å². The van der Waals surface area contributed by atoms with Crippen molar-refractivity contribution in [3.05, 3.63) is 35.4 Å². The lowest BCUT2D eigenvalue weighted by molar-refractivity contribution is -0.124. The van der Waals surface area contributed by atoms with Crippen LogP contribution in [-0.2, 0) is 22.6 Å². The third-order valence-electron chi connectivity index (χ3n) is 4.13. The van der Waals surface area contributed by atoms with Gasteiger partial charge in [0.05, 0.1) is 6.04 Å². The highest BCUT2D eigenvalue weighted by molar-refractivity contribution is 5.81. The van der Waals surface area contributed by atoms with Gasteiger partial charge in [-0.15, -0.1) is 0 Å². The van der Waals surface area contributed by atoms with Crippen molar-refractivity contribution in [1.29, 1.82) is 0 Å². The van der Waals surface area contributed by atoms with E-state index in [2.05, 4.69) is 22.3 Å². The number of hydrogen-bond acceptors (Lipinski definition) is 4. The van der Waals surface area contributed by atoms with Crippen molar-refractivity contribution in [2.24, 2.45) is 11.7 Å². The molecular weight excluding hydrogens is 278 g/mol. The quantitative estimate of drug-likeness (QED) is 0.826. The molecule has 1 aromatic carbocycles. The van der Waals surface area contributed by atoms with Gasteiger partial charge in [0.25, 0.3) is 0 Å². The fourth-order valence-electron chi connectivity index (χ4n) is 2.81. The van der Waals surface area contributed by atoms with Crippen molar-refractivity contribution in [3.63, 3.8) is 0 Å². The lowest BCUT2D eigenvalue weighted by Crippen LogP contribution is -2.46. The molecule has 5 heteroatoms. The first-order chi connectivity index (χ1) is 10.6. The van der Waals surface area contributed by atoms with Crippen molar-refractivity contribution in [2.45, 2.75) is 32.0 Å². The molecule has 1 amide bonds. The molecule has 1 saturated heterocycles. The summed E-state index contributed by atoms with van der Waals surface area (Å²) >= 11 is 0. The molecular formula is C17H27N3O2. The first kappa shape index (κ1) is 16.9.